The van der Waals surface area contributed by atoms with Gasteiger partial charge in [0.15, 0.2) is 6.61 Å². The Bertz CT molecular complexity index is 1230. The van der Waals surface area contributed by atoms with E-state index in [1.807, 2.05) is 37.3 Å². The highest BCUT2D eigenvalue weighted by atomic mass is 16.5. The average molecular weight is 460 g/mol. The number of imide groups is 1. The zero-order valence-corrected chi connectivity index (χ0v) is 18.9. The van der Waals surface area contributed by atoms with Crippen LogP contribution in [0.1, 0.15) is 40.2 Å². The molecular formula is C25H24N4O5. The summed E-state index contributed by atoms with van der Waals surface area (Å²) in [6.07, 6.45) is 0.467. The first kappa shape index (κ1) is 22.9. The molecule has 174 valence electrons. The minimum absolute atomic E-state index is 0.171. The number of aromatic nitrogens is 2. The van der Waals surface area contributed by atoms with Crippen molar-refractivity contribution in [3.8, 4) is 5.69 Å². The zero-order valence-electron chi connectivity index (χ0n) is 18.9. The van der Waals surface area contributed by atoms with Gasteiger partial charge in [-0.05, 0) is 43.7 Å². The summed E-state index contributed by atoms with van der Waals surface area (Å²) in [5, 5.41) is 7.24. The number of para-hydroxylation sites is 1. The van der Waals surface area contributed by atoms with Crippen molar-refractivity contribution in [3.63, 3.8) is 0 Å². The molecule has 9 nitrogen and oxygen atoms in total. The van der Waals surface area contributed by atoms with Crippen LogP contribution >= 0.6 is 0 Å². The van der Waals surface area contributed by atoms with Crippen LogP contribution in [0.25, 0.3) is 5.69 Å². The Balaban J connectivity index is 1.33. The average Bonchev–Trinajstić information content (AvgIpc) is 3.31. The van der Waals surface area contributed by atoms with Crippen molar-refractivity contribution in [1.29, 1.82) is 0 Å². The van der Waals surface area contributed by atoms with Crippen LogP contribution < -0.4 is 5.32 Å². The molecule has 4 rings (SSSR count). The standard InChI is InChI=1S/C25H24N4O5/c1-16-24(17(2)29(27-16)20-6-4-3-5-7-20)26-21(30)15-34-25(33)19-10-8-18(9-11-19)14-28-22(31)12-13-23(28)32/h3-11H,12-15H2,1-2H3,(H,26,30). The molecule has 0 unspecified atom stereocenters. The van der Waals surface area contributed by atoms with E-state index in [9.17, 15) is 19.2 Å². The second-order valence-corrected chi connectivity index (χ2v) is 7.99. The summed E-state index contributed by atoms with van der Waals surface area (Å²) >= 11 is 0. The molecule has 2 aromatic carbocycles. The first-order valence-electron chi connectivity index (χ1n) is 10.8. The number of aryl methyl sites for hydroxylation is 1. The predicted octanol–water partition coefficient (Wildman–Crippen LogP) is 2.93. The number of anilines is 1. The van der Waals surface area contributed by atoms with E-state index in [4.69, 9.17) is 4.74 Å². The van der Waals surface area contributed by atoms with Gasteiger partial charge in [0.2, 0.25) is 11.8 Å². The summed E-state index contributed by atoms with van der Waals surface area (Å²) in [6.45, 7) is 3.36. The molecule has 3 amide bonds. The quantitative estimate of drug-likeness (QED) is 0.429. The van der Waals surface area contributed by atoms with Crippen LogP contribution in [-0.4, -0.2) is 45.0 Å². The van der Waals surface area contributed by atoms with Crippen molar-refractivity contribution in [3.05, 3.63) is 77.1 Å². The number of benzene rings is 2. The third kappa shape index (κ3) is 4.88. The van der Waals surface area contributed by atoms with E-state index in [1.54, 1.807) is 35.9 Å². The number of esters is 1. The number of nitrogens with zero attached hydrogens (tertiary/aromatic N) is 3. The smallest absolute Gasteiger partial charge is 0.338 e. The topological polar surface area (TPSA) is 111 Å². The number of likely N-dealkylation sites (tertiary alicyclic amines) is 1. The van der Waals surface area contributed by atoms with Crippen LogP contribution in [0.3, 0.4) is 0 Å². The van der Waals surface area contributed by atoms with E-state index in [2.05, 4.69) is 10.4 Å². The predicted molar refractivity (Wildman–Crippen MR) is 123 cm³/mol. The Hall–Kier alpha value is -4.27. The van der Waals surface area contributed by atoms with Gasteiger partial charge < -0.3 is 10.1 Å². The first-order chi connectivity index (χ1) is 16.3. The monoisotopic (exact) mass is 460 g/mol. The molecule has 1 fully saturated rings. The van der Waals surface area contributed by atoms with Gasteiger partial charge in [-0.25, -0.2) is 9.48 Å². The summed E-state index contributed by atoms with van der Waals surface area (Å²) in [5.74, 6) is -1.52. The van der Waals surface area contributed by atoms with Gasteiger partial charge in [0.25, 0.3) is 5.91 Å². The molecule has 0 atom stereocenters. The highest BCUT2D eigenvalue weighted by Gasteiger charge is 2.28. The van der Waals surface area contributed by atoms with Crippen LogP contribution in [0.2, 0.25) is 0 Å². The minimum atomic E-state index is -0.650. The van der Waals surface area contributed by atoms with Crippen LogP contribution in [-0.2, 0) is 25.7 Å². The third-order valence-electron chi connectivity index (χ3n) is 5.58. The van der Waals surface area contributed by atoms with Gasteiger partial charge in [-0.2, -0.15) is 5.10 Å². The lowest BCUT2D eigenvalue weighted by Crippen LogP contribution is -2.28. The van der Waals surface area contributed by atoms with Crippen LogP contribution in [0.5, 0.6) is 0 Å². The zero-order chi connectivity index (χ0) is 24.2. The summed E-state index contributed by atoms with van der Waals surface area (Å²) in [5.41, 5.74) is 3.83. The van der Waals surface area contributed by atoms with Crippen molar-refractivity contribution in [2.75, 3.05) is 11.9 Å². The lowest BCUT2D eigenvalue weighted by Gasteiger charge is -2.13. The molecule has 0 saturated carbocycles. The second-order valence-electron chi connectivity index (χ2n) is 7.99. The number of carbonyl (C=O) groups excluding carboxylic acids is 4. The van der Waals surface area contributed by atoms with Crippen molar-refractivity contribution in [2.45, 2.75) is 33.2 Å². The molecule has 1 aliphatic rings. The van der Waals surface area contributed by atoms with Gasteiger partial charge >= 0.3 is 5.97 Å². The van der Waals surface area contributed by atoms with Crippen molar-refractivity contribution >= 4 is 29.4 Å². The van der Waals surface area contributed by atoms with E-state index in [0.717, 1.165) is 16.9 Å². The fourth-order valence-electron chi connectivity index (χ4n) is 3.76. The van der Waals surface area contributed by atoms with Crippen LogP contribution in [0.15, 0.2) is 54.6 Å². The normalized spacial score (nSPS) is 13.3. The fraction of sp³-hybridized carbons (Fsp3) is 0.240. The maximum Gasteiger partial charge on any atom is 0.338 e. The molecular weight excluding hydrogens is 436 g/mol. The van der Waals surface area contributed by atoms with E-state index < -0.39 is 18.5 Å². The number of rotatable bonds is 7. The number of carbonyl (C=O) groups is 4. The number of ether oxygens (including phenoxy) is 1. The lowest BCUT2D eigenvalue weighted by molar-refractivity contribution is -0.139. The summed E-state index contributed by atoms with van der Waals surface area (Å²) < 4.78 is 6.88. The van der Waals surface area contributed by atoms with Gasteiger partial charge in [-0.1, -0.05) is 30.3 Å². The van der Waals surface area contributed by atoms with Crippen molar-refractivity contribution in [1.82, 2.24) is 14.7 Å². The second kappa shape index (κ2) is 9.70. The molecule has 0 bridgehead atoms. The lowest BCUT2D eigenvalue weighted by atomic mass is 10.1. The molecule has 1 N–H and O–H groups in total. The summed E-state index contributed by atoms with van der Waals surface area (Å²) in [7, 11) is 0. The van der Waals surface area contributed by atoms with Gasteiger partial charge in [-0.15, -0.1) is 0 Å². The van der Waals surface area contributed by atoms with E-state index in [1.165, 1.54) is 4.90 Å². The number of amides is 3. The molecule has 2 heterocycles. The highest BCUT2D eigenvalue weighted by Crippen LogP contribution is 2.22. The molecule has 0 aliphatic carbocycles. The highest BCUT2D eigenvalue weighted by molar-refractivity contribution is 6.02. The van der Waals surface area contributed by atoms with Crippen molar-refractivity contribution in [2.24, 2.45) is 0 Å². The Kier molecular flexibility index (Phi) is 6.53. The first-order valence-corrected chi connectivity index (χ1v) is 10.8. The Labute approximate surface area is 196 Å². The van der Waals surface area contributed by atoms with Crippen LogP contribution in [0, 0.1) is 13.8 Å². The molecule has 1 aromatic heterocycles. The molecule has 0 radical (unpaired) electrons. The van der Waals surface area contributed by atoms with Gasteiger partial charge in [-0.3, -0.25) is 19.3 Å². The van der Waals surface area contributed by atoms with Gasteiger partial charge in [0.1, 0.15) is 0 Å². The van der Waals surface area contributed by atoms with Gasteiger partial charge in [0.05, 0.1) is 34.9 Å². The van der Waals surface area contributed by atoms with E-state index in [0.29, 0.717) is 11.4 Å². The number of hydrogen-bond acceptors (Lipinski definition) is 6. The molecule has 34 heavy (non-hydrogen) atoms. The van der Waals surface area contributed by atoms with Gasteiger partial charge in [0, 0.05) is 12.8 Å². The Morgan fingerprint density at radius 1 is 0.971 bits per heavy atom. The molecule has 1 aliphatic heterocycles. The van der Waals surface area contributed by atoms with E-state index >= 15 is 0 Å². The summed E-state index contributed by atoms with van der Waals surface area (Å²) in [4.78, 5) is 49.5. The van der Waals surface area contributed by atoms with E-state index in [-0.39, 0.29) is 36.8 Å². The largest absolute Gasteiger partial charge is 0.452 e. The Morgan fingerprint density at radius 3 is 2.26 bits per heavy atom. The minimum Gasteiger partial charge on any atom is -0.452 e. The van der Waals surface area contributed by atoms with Crippen molar-refractivity contribution < 1.29 is 23.9 Å². The maximum atomic E-state index is 12.4. The third-order valence-corrected chi connectivity index (χ3v) is 5.58. The SMILES string of the molecule is Cc1nn(-c2ccccc2)c(C)c1NC(=O)COC(=O)c1ccc(CN2C(=O)CCC2=O)cc1. The number of hydrogen-bond donors (Lipinski definition) is 1. The molecule has 9 heteroatoms. The maximum absolute atomic E-state index is 12.4. The fourth-order valence-corrected chi connectivity index (χ4v) is 3.76. The molecule has 3 aromatic rings. The Morgan fingerprint density at radius 2 is 1.62 bits per heavy atom. The molecule has 1 saturated heterocycles. The van der Waals surface area contributed by atoms with Crippen LogP contribution in [0.4, 0.5) is 5.69 Å². The number of nitrogens with one attached hydrogen (secondary N) is 1. The molecule has 0 spiro atoms. The summed E-state index contributed by atoms with van der Waals surface area (Å²) in [6, 6.07) is 15.9.